The quantitative estimate of drug-likeness (QED) is 0.771. The van der Waals surface area contributed by atoms with Gasteiger partial charge in [0.2, 0.25) is 0 Å². The second kappa shape index (κ2) is 5.71. The molecule has 2 atom stereocenters. The number of hydrogen-bond acceptors (Lipinski definition) is 2. The summed E-state index contributed by atoms with van der Waals surface area (Å²) >= 11 is 0. The van der Waals surface area contributed by atoms with Gasteiger partial charge in [-0.2, -0.15) is 0 Å². The summed E-state index contributed by atoms with van der Waals surface area (Å²) in [7, 11) is 0. The van der Waals surface area contributed by atoms with Crippen molar-refractivity contribution in [3.05, 3.63) is 29.8 Å². The van der Waals surface area contributed by atoms with Crippen molar-refractivity contribution in [2.24, 2.45) is 11.8 Å². The largest absolute Gasteiger partial charge is 0.481 e. The van der Waals surface area contributed by atoms with Crippen LogP contribution in [0.25, 0.3) is 0 Å². The number of nitrogens with two attached hydrogens (primary N) is 1. The van der Waals surface area contributed by atoms with E-state index in [1.807, 2.05) is 25.1 Å². The van der Waals surface area contributed by atoms with E-state index in [4.69, 9.17) is 5.73 Å². The number of carboxylic acids is 1. The first-order chi connectivity index (χ1) is 7.93. The number of carbonyl (C=O) groups is 1. The van der Waals surface area contributed by atoms with Gasteiger partial charge < -0.3 is 10.8 Å². The van der Waals surface area contributed by atoms with E-state index in [0.717, 1.165) is 12.0 Å². The van der Waals surface area contributed by atoms with Crippen molar-refractivity contribution in [1.29, 1.82) is 0 Å². The molecule has 1 aromatic rings. The summed E-state index contributed by atoms with van der Waals surface area (Å²) in [4.78, 5) is 11.4. The monoisotopic (exact) mass is 235 g/mol. The van der Waals surface area contributed by atoms with Gasteiger partial charge in [0.1, 0.15) is 0 Å². The summed E-state index contributed by atoms with van der Waals surface area (Å²) in [5, 5.41) is 9.38. The van der Waals surface area contributed by atoms with Crippen LogP contribution < -0.4 is 5.73 Å². The van der Waals surface area contributed by atoms with Crippen LogP contribution in [0.5, 0.6) is 0 Å². The minimum Gasteiger partial charge on any atom is -0.481 e. The fourth-order valence-corrected chi connectivity index (χ4v) is 2.36. The Balaban J connectivity index is 3.02. The van der Waals surface area contributed by atoms with Crippen molar-refractivity contribution < 1.29 is 9.90 Å². The lowest BCUT2D eigenvalue weighted by Crippen LogP contribution is -2.22. The minimum atomic E-state index is -0.795. The molecule has 0 radical (unpaired) electrons. The molecular weight excluding hydrogens is 214 g/mol. The minimum absolute atomic E-state index is 0.0807. The zero-order valence-electron chi connectivity index (χ0n) is 10.7. The van der Waals surface area contributed by atoms with Gasteiger partial charge in [0, 0.05) is 5.69 Å². The van der Waals surface area contributed by atoms with E-state index in [9.17, 15) is 9.90 Å². The maximum absolute atomic E-state index is 11.4. The van der Waals surface area contributed by atoms with Crippen LogP contribution >= 0.6 is 0 Å². The standard InChI is InChI=1S/C14H21NO2/c1-9(2)8-10(3)13(14(16)17)11-6-4-5-7-12(11)15/h4-7,9-10,13H,8,15H2,1-3H3,(H,16,17). The first-order valence-corrected chi connectivity index (χ1v) is 6.00. The molecule has 0 aromatic heterocycles. The summed E-state index contributed by atoms with van der Waals surface area (Å²) in [6, 6.07) is 7.23. The van der Waals surface area contributed by atoms with Gasteiger partial charge in [-0.15, -0.1) is 0 Å². The van der Waals surface area contributed by atoms with Gasteiger partial charge in [-0.3, -0.25) is 4.79 Å². The van der Waals surface area contributed by atoms with Crippen molar-refractivity contribution in [2.45, 2.75) is 33.1 Å². The lowest BCUT2D eigenvalue weighted by Gasteiger charge is -2.23. The van der Waals surface area contributed by atoms with Gasteiger partial charge in [0.05, 0.1) is 5.92 Å². The second-order valence-corrected chi connectivity index (χ2v) is 5.05. The highest BCUT2D eigenvalue weighted by Gasteiger charge is 2.28. The van der Waals surface area contributed by atoms with Crippen molar-refractivity contribution in [3.8, 4) is 0 Å². The van der Waals surface area contributed by atoms with Crippen LogP contribution in [-0.4, -0.2) is 11.1 Å². The molecule has 0 saturated carbocycles. The summed E-state index contributed by atoms with van der Waals surface area (Å²) in [5.74, 6) is -0.747. The SMILES string of the molecule is CC(C)CC(C)C(C(=O)O)c1ccccc1N. The molecular formula is C14H21NO2. The molecule has 3 heteroatoms. The number of benzene rings is 1. The van der Waals surface area contributed by atoms with Crippen LogP contribution in [0.15, 0.2) is 24.3 Å². The summed E-state index contributed by atoms with van der Waals surface area (Å²) in [6.07, 6.45) is 0.880. The maximum atomic E-state index is 11.4. The molecule has 1 aromatic carbocycles. The number of anilines is 1. The van der Waals surface area contributed by atoms with Crippen LogP contribution in [0.4, 0.5) is 5.69 Å². The van der Waals surface area contributed by atoms with E-state index >= 15 is 0 Å². The zero-order valence-corrected chi connectivity index (χ0v) is 10.7. The van der Waals surface area contributed by atoms with Crippen LogP contribution in [0.2, 0.25) is 0 Å². The molecule has 0 spiro atoms. The average molecular weight is 235 g/mol. The molecule has 3 nitrogen and oxygen atoms in total. The van der Waals surface area contributed by atoms with Crippen molar-refractivity contribution in [2.75, 3.05) is 5.73 Å². The lowest BCUT2D eigenvalue weighted by atomic mass is 9.82. The summed E-state index contributed by atoms with van der Waals surface area (Å²) in [5.41, 5.74) is 7.16. The lowest BCUT2D eigenvalue weighted by molar-refractivity contribution is -0.140. The van der Waals surface area contributed by atoms with Crippen molar-refractivity contribution in [3.63, 3.8) is 0 Å². The highest BCUT2D eigenvalue weighted by atomic mass is 16.4. The number of aliphatic carboxylic acids is 1. The van der Waals surface area contributed by atoms with Crippen LogP contribution in [0.3, 0.4) is 0 Å². The first kappa shape index (κ1) is 13.6. The van der Waals surface area contributed by atoms with Gasteiger partial charge in [0.15, 0.2) is 0 Å². The molecule has 3 N–H and O–H groups in total. The molecule has 0 saturated heterocycles. The zero-order chi connectivity index (χ0) is 13.0. The Kier molecular flexibility index (Phi) is 4.55. The molecule has 0 aliphatic rings. The Morgan fingerprint density at radius 1 is 1.29 bits per heavy atom. The molecule has 2 unspecified atom stereocenters. The summed E-state index contributed by atoms with van der Waals surface area (Å²) in [6.45, 7) is 6.18. The average Bonchev–Trinajstić information content (AvgIpc) is 2.19. The van der Waals surface area contributed by atoms with Gasteiger partial charge in [-0.1, -0.05) is 39.0 Å². The van der Waals surface area contributed by atoms with Crippen LogP contribution in [-0.2, 0) is 4.79 Å². The number of para-hydroxylation sites is 1. The Labute approximate surface area is 103 Å². The molecule has 17 heavy (non-hydrogen) atoms. The molecule has 94 valence electrons. The van der Waals surface area contributed by atoms with Gasteiger partial charge >= 0.3 is 5.97 Å². The predicted molar refractivity (Wildman–Crippen MR) is 69.9 cm³/mol. The second-order valence-electron chi connectivity index (χ2n) is 5.05. The Bertz CT molecular complexity index is 388. The third-order valence-electron chi connectivity index (χ3n) is 3.01. The number of rotatable bonds is 5. The summed E-state index contributed by atoms with van der Waals surface area (Å²) < 4.78 is 0. The van der Waals surface area contributed by atoms with E-state index in [1.165, 1.54) is 0 Å². The van der Waals surface area contributed by atoms with E-state index in [0.29, 0.717) is 11.6 Å². The molecule has 0 aliphatic carbocycles. The van der Waals surface area contributed by atoms with Crippen LogP contribution in [0.1, 0.15) is 38.7 Å². The third-order valence-corrected chi connectivity index (χ3v) is 3.01. The normalized spacial score (nSPS) is 14.6. The highest BCUT2D eigenvalue weighted by molar-refractivity contribution is 5.78. The molecule has 1 rings (SSSR count). The van der Waals surface area contributed by atoms with E-state index in [1.54, 1.807) is 6.07 Å². The van der Waals surface area contributed by atoms with Crippen molar-refractivity contribution >= 4 is 11.7 Å². The fourth-order valence-electron chi connectivity index (χ4n) is 2.36. The number of nitrogen functional groups attached to an aromatic ring is 1. The van der Waals surface area contributed by atoms with E-state index < -0.39 is 11.9 Å². The van der Waals surface area contributed by atoms with E-state index in [2.05, 4.69) is 13.8 Å². The molecule has 0 amide bonds. The molecule has 0 bridgehead atoms. The fraction of sp³-hybridized carbons (Fsp3) is 0.500. The first-order valence-electron chi connectivity index (χ1n) is 6.00. The van der Waals surface area contributed by atoms with Gasteiger partial charge in [-0.25, -0.2) is 0 Å². The molecule has 0 heterocycles. The Morgan fingerprint density at radius 2 is 1.88 bits per heavy atom. The van der Waals surface area contributed by atoms with E-state index in [-0.39, 0.29) is 5.92 Å². The predicted octanol–water partition coefficient (Wildman–Crippen LogP) is 3.12. The maximum Gasteiger partial charge on any atom is 0.311 e. The van der Waals surface area contributed by atoms with Crippen molar-refractivity contribution in [1.82, 2.24) is 0 Å². The third kappa shape index (κ3) is 3.48. The van der Waals surface area contributed by atoms with Gasteiger partial charge in [-0.05, 0) is 29.9 Å². The Morgan fingerprint density at radius 3 is 2.35 bits per heavy atom. The van der Waals surface area contributed by atoms with Crippen LogP contribution in [0, 0.1) is 11.8 Å². The topological polar surface area (TPSA) is 63.3 Å². The molecule has 0 fully saturated rings. The Hall–Kier alpha value is -1.51. The van der Waals surface area contributed by atoms with Gasteiger partial charge in [0.25, 0.3) is 0 Å². The molecule has 0 aliphatic heterocycles. The highest BCUT2D eigenvalue weighted by Crippen LogP contribution is 2.32. The smallest absolute Gasteiger partial charge is 0.311 e. The number of carboxylic acid groups (broad SMARTS) is 1. The number of hydrogen-bond donors (Lipinski definition) is 2.